The van der Waals surface area contributed by atoms with Crippen LogP contribution in [0.5, 0.6) is 0 Å². The van der Waals surface area contributed by atoms with Gasteiger partial charge in [-0.1, -0.05) is 24.3 Å². The molecule has 1 amide bonds. The number of carbonyl (C=O) groups excluding carboxylic acids is 3. The number of hydrogen-bond acceptors (Lipinski definition) is 5. The van der Waals surface area contributed by atoms with Crippen LogP contribution < -0.4 is 0 Å². The third-order valence-electron chi connectivity index (χ3n) is 4.51. The Morgan fingerprint density at radius 1 is 1.00 bits per heavy atom. The van der Waals surface area contributed by atoms with Crippen molar-refractivity contribution in [3.8, 4) is 0 Å². The second-order valence-corrected chi connectivity index (χ2v) is 5.84. The summed E-state index contributed by atoms with van der Waals surface area (Å²) in [6.45, 7) is 6.10. The number of hydrogen-bond donors (Lipinski definition) is 0. The summed E-state index contributed by atoms with van der Waals surface area (Å²) in [5, 5.41) is 0. The highest BCUT2D eigenvalue weighted by molar-refractivity contribution is 6.39. The standard InChI is InChI=1S/C18H20N2O4/c1-3-24-18(23)20-10-8-19(9-11-20)12(2)15-16(21)13-6-4-5-7-14(13)17(15)22/h4-7H,3,8-11H2,1-2H3. The van der Waals surface area contributed by atoms with Crippen molar-refractivity contribution in [3.63, 3.8) is 0 Å². The first-order valence-electron chi connectivity index (χ1n) is 8.10. The molecule has 1 heterocycles. The van der Waals surface area contributed by atoms with Gasteiger partial charge in [0.15, 0.2) is 11.6 Å². The first-order valence-corrected chi connectivity index (χ1v) is 8.10. The molecule has 0 unspecified atom stereocenters. The first-order chi connectivity index (χ1) is 11.5. The number of fused-ring (bicyclic) bond motifs is 1. The summed E-state index contributed by atoms with van der Waals surface area (Å²) >= 11 is 0. The normalized spacial score (nSPS) is 17.2. The lowest BCUT2D eigenvalue weighted by Gasteiger charge is -2.36. The Kier molecular flexibility index (Phi) is 4.38. The van der Waals surface area contributed by atoms with Gasteiger partial charge in [0.25, 0.3) is 0 Å². The molecule has 1 aliphatic heterocycles. The van der Waals surface area contributed by atoms with Gasteiger partial charge in [-0.05, 0) is 13.8 Å². The number of benzene rings is 1. The molecular formula is C18H20N2O4. The minimum Gasteiger partial charge on any atom is -0.450 e. The van der Waals surface area contributed by atoms with Crippen LogP contribution in [0, 0.1) is 0 Å². The van der Waals surface area contributed by atoms with Crippen LogP contribution in [0.2, 0.25) is 0 Å². The van der Waals surface area contributed by atoms with Gasteiger partial charge in [0.1, 0.15) is 0 Å². The fourth-order valence-corrected chi connectivity index (χ4v) is 3.18. The van der Waals surface area contributed by atoms with E-state index in [1.54, 1.807) is 43.0 Å². The zero-order chi connectivity index (χ0) is 17.3. The summed E-state index contributed by atoms with van der Waals surface area (Å²) in [5.74, 6) is -0.415. The highest BCUT2D eigenvalue weighted by Gasteiger charge is 2.36. The van der Waals surface area contributed by atoms with E-state index in [0.717, 1.165) is 0 Å². The molecule has 6 heteroatoms. The van der Waals surface area contributed by atoms with E-state index in [0.29, 0.717) is 49.6 Å². The van der Waals surface area contributed by atoms with Crippen molar-refractivity contribution in [1.29, 1.82) is 0 Å². The number of nitrogens with zero attached hydrogens (tertiary/aromatic N) is 2. The Morgan fingerprint density at radius 2 is 1.50 bits per heavy atom. The quantitative estimate of drug-likeness (QED) is 0.614. The number of Topliss-reactive ketones (excluding diaryl/α,β-unsaturated/α-hetero) is 2. The van der Waals surface area contributed by atoms with Gasteiger partial charge in [0.2, 0.25) is 0 Å². The van der Waals surface area contributed by atoms with E-state index in [2.05, 4.69) is 0 Å². The summed E-state index contributed by atoms with van der Waals surface area (Å²) in [6, 6.07) is 6.91. The smallest absolute Gasteiger partial charge is 0.409 e. The SMILES string of the molecule is CCOC(=O)N1CCN(C(C)=C2C(=O)c3ccccc3C2=O)CC1. The Balaban J connectivity index is 1.77. The van der Waals surface area contributed by atoms with E-state index >= 15 is 0 Å². The van der Waals surface area contributed by atoms with Crippen LogP contribution in [0.3, 0.4) is 0 Å². The predicted octanol–water partition coefficient (Wildman–Crippen LogP) is 2.11. The number of ether oxygens (including phenoxy) is 1. The molecule has 126 valence electrons. The molecule has 24 heavy (non-hydrogen) atoms. The number of rotatable bonds is 2. The van der Waals surface area contributed by atoms with Crippen molar-refractivity contribution in [3.05, 3.63) is 46.7 Å². The second kappa shape index (κ2) is 6.47. The van der Waals surface area contributed by atoms with Gasteiger partial charge in [-0.2, -0.15) is 0 Å². The lowest BCUT2D eigenvalue weighted by atomic mass is 10.1. The minimum atomic E-state index is -0.317. The van der Waals surface area contributed by atoms with E-state index < -0.39 is 0 Å². The number of piperazine rings is 1. The van der Waals surface area contributed by atoms with Gasteiger partial charge in [0, 0.05) is 43.0 Å². The third kappa shape index (κ3) is 2.68. The maximum Gasteiger partial charge on any atom is 0.409 e. The summed E-state index contributed by atoms with van der Waals surface area (Å²) < 4.78 is 5.00. The molecule has 0 N–H and O–H groups in total. The molecule has 0 bridgehead atoms. The fraction of sp³-hybridized carbons (Fsp3) is 0.389. The molecule has 2 aliphatic rings. The monoisotopic (exact) mass is 328 g/mol. The molecule has 1 fully saturated rings. The van der Waals surface area contributed by atoms with Gasteiger partial charge in [-0.25, -0.2) is 4.79 Å². The zero-order valence-corrected chi connectivity index (χ0v) is 13.9. The van der Waals surface area contributed by atoms with Gasteiger partial charge in [0.05, 0.1) is 12.2 Å². The average Bonchev–Trinajstić information content (AvgIpc) is 2.86. The molecule has 0 aromatic heterocycles. The molecule has 1 aliphatic carbocycles. The molecular weight excluding hydrogens is 308 g/mol. The Hall–Kier alpha value is -2.63. The topological polar surface area (TPSA) is 66.9 Å². The largest absolute Gasteiger partial charge is 0.450 e. The second-order valence-electron chi connectivity index (χ2n) is 5.84. The summed E-state index contributed by atoms with van der Waals surface area (Å²) in [4.78, 5) is 40.5. The molecule has 0 radical (unpaired) electrons. The molecule has 3 rings (SSSR count). The van der Waals surface area contributed by atoms with Crippen LogP contribution in [0.15, 0.2) is 35.5 Å². The van der Waals surface area contributed by atoms with Crippen LogP contribution >= 0.6 is 0 Å². The third-order valence-corrected chi connectivity index (χ3v) is 4.51. The van der Waals surface area contributed by atoms with Crippen molar-refractivity contribution in [2.45, 2.75) is 13.8 Å². The van der Waals surface area contributed by atoms with Crippen molar-refractivity contribution in [2.24, 2.45) is 0 Å². The Labute approximate surface area is 140 Å². The van der Waals surface area contributed by atoms with Crippen LogP contribution in [-0.4, -0.2) is 60.2 Å². The Bertz CT molecular complexity index is 693. The molecule has 1 aromatic rings. The van der Waals surface area contributed by atoms with E-state index in [-0.39, 0.29) is 23.2 Å². The summed E-state index contributed by atoms with van der Waals surface area (Å²) in [7, 11) is 0. The van der Waals surface area contributed by atoms with E-state index in [9.17, 15) is 14.4 Å². The number of allylic oxidation sites excluding steroid dienone is 2. The van der Waals surface area contributed by atoms with Gasteiger partial charge in [-0.15, -0.1) is 0 Å². The summed E-state index contributed by atoms with van der Waals surface area (Å²) in [5.41, 5.74) is 1.88. The molecule has 6 nitrogen and oxygen atoms in total. The highest BCUT2D eigenvalue weighted by atomic mass is 16.6. The van der Waals surface area contributed by atoms with Gasteiger partial charge < -0.3 is 14.5 Å². The maximum atomic E-state index is 12.6. The molecule has 1 saturated heterocycles. The lowest BCUT2D eigenvalue weighted by Crippen LogP contribution is -2.48. The van der Waals surface area contributed by atoms with E-state index in [1.165, 1.54) is 0 Å². The van der Waals surface area contributed by atoms with Crippen molar-refractivity contribution in [2.75, 3.05) is 32.8 Å². The zero-order valence-electron chi connectivity index (χ0n) is 13.9. The lowest BCUT2D eigenvalue weighted by molar-refractivity contribution is 0.0850. The molecule has 0 atom stereocenters. The predicted molar refractivity (Wildman–Crippen MR) is 88.0 cm³/mol. The van der Waals surface area contributed by atoms with Crippen molar-refractivity contribution >= 4 is 17.7 Å². The number of amides is 1. The number of ketones is 2. The number of carbonyl (C=O) groups is 3. The highest BCUT2D eigenvalue weighted by Crippen LogP contribution is 2.29. The Morgan fingerprint density at radius 3 is 2.00 bits per heavy atom. The van der Waals surface area contributed by atoms with Gasteiger partial charge >= 0.3 is 6.09 Å². The van der Waals surface area contributed by atoms with E-state index in [1.807, 2.05) is 4.90 Å². The van der Waals surface area contributed by atoms with Crippen LogP contribution in [0.4, 0.5) is 4.79 Å². The van der Waals surface area contributed by atoms with Crippen molar-refractivity contribution in [1.82, 2.24) is 9.80 Å². The molecule has 0 spiro atoms. The summed E-state index contributed by atoms with van der Waals surface area (Å²) in [6.07, 6.45) is -0.317. The van der Waals surface area contributed by atoms with E-state index in [4.69, 9.17) is 4.74 Å². The average molecular weight is 328 g/mol. The maximum absolute atomic E-state index is 12.6. The van der Waals surface area contributed by atoms with Crippen LogP contribution in [0.25, 0.3) is 0 Å². The van der Waals surface area contributed by atoms with Gasteiger partial charge in [-0.3, -0.25) is 9.59 Å². The fourth-order valence-electron chi connectivity index (χ4n) is 3.18. The van der Waals surface area contributed by atoms with Crippen LogP contribution in [-0.2, 0) is 4.74 Å². The first kappa shape index (κ1) is 16.2. The van der Waals surface area contributed by atoms with Crippen molar-refractivity contribution < 1.29 is 19.1 Å². The minimum absolute atomic E-state index is 0.207. The molecule has 1 aromatic carbocycles. The molecule has 0 saturated carbocycles. The van der Waals surface area contributed by atoms with Crippen LogP contribution in [0.1, 0.15) is 34.6 Å².